The van der Waals surface area contributed by atoms with Gasteiger partial charge in [-0.05, 0) is 271 Å². The highest BCUT2D eigenvalue weighted by molar-refractivity contribution is 9.11. The number of aliphatic carboxylic acids is 3. The molecule has 11 rings (SSSR count). The van der Waals surface area contributed by atoms with E-state index in [1.807, 2.05) is 36.4 Å². The van der Waals surface area contributed by atoms with Crippen molar-refractivity contribution in [2.24, 2.45) is 5.73 Å². The van der Waals surface area contributed by atoms with Crippen molar-refractivity contribution in [1.82, 2.24) is 59.6 Å². The number of nitrogens with two attached hydrogens (primary N) is 1. The minimum atomic E-state index is -1.34. The zero-order valence-electron chi connectivity index (χ0n) is 65.3. The lowest BCUT2D eigenvalue weighted by Crippen LogP contribution is -2.36. The summed E-state index contributed by atoms with van der Waals surface area (Å²) in [4.78, 5) is 79.5. The Kier molecular flexibility index (Phi) is 44.1. The van der Waals surface area contributed by atoms with Gasteiger partial charge >= 0.3 is 25.0 Å². The van der Waals surface area contributed by atoms with Crippen LogP contribution in [0.15, 0.2) is 144 Å². The smallest absolute Gasteiger partial charge is 0.480 e. The number of aromatic nitrogens is 9. The molecule has 114 heavy (non-hydrogen) atoms. The van der Waals surface area contributed by atoms with Gasteiger partial charge in [0.15, 0.2) is 0 Å². The molecule has 23 nitrogen and oxygen atoms in total. The third-order valence-electron chi connectivity index (χ3n) is 19.9. The second-order valence-corrected chi connectivity index (χ2v) is 30.6. The Morgan fingerprint density at radius 1 is 0.456 bits per heavy atom. The molecule has 0 radical (unpaired) electrons. The third kappa shape index (κ3) is 35.2. The van der Waals surface area contributed by atoms with Crippen LogP contribution in [-0.4, -0.2) is 207 Å². The molecular formula is C84H112BBr2ClF3N15O8. The lowest BCUT2D eigenvalue weighted by Gasteiger charge is -2.24. The normalized spacial score (nSPS) is 13.5. The van der Waals surface area contributed by atoms with E-state index in [1.165, 1.54) is 91.3 Å². The van der Waals surface area contributed by atoms with E-state index in [1.54, 1.807) is 42.9 Å². The van der Waals surface area contributed by atoms with Crippen LogP contribution in [0.5, 0.6) is 0 Å². The molecule has 2 aromatic carbocycles. The highest BCUT2D eigenvalue weighted by atomic mass is 79.9. The van der Waals surface area contributed by atoms with E-state index in [0.717, 1.165) is 149 Å². The number of alkyl halides is 3. The molecule has 9 N–H and O–H groups in total. The fourth-order valence-corrected chi connectivity index (χ4v) is 14.3. The number of rotatable bonds is 42. The van der Waals surface area contributed by atoms with E-state index in [4.69, 9.17) is 47.4 Å². The molecule has 0 bridgehead atoms. The molecule has 8 aromatic rings. The number of aryl methyl sites for hydroxylation is 9. The van der Waals surface area contributed by atoms with Gasteiger partial charge in [0.1, 0.15) is 53.9 Å². The van der Waals surface area contributed by atoms with Crippen LogP contribution in [0, 0.1) is 0 Å². The molecule has 0 saturated carbocycles. The molecule has 0 aliphatic heterocycles. The van der Waals surface area contributed by atoms with Crippen LogP contribution in [-0.2, 0) is 72.2 Å². The number of unbranched alkanes of at least 4 members (excludes halogenated alkanes) is 3. The minimum absolute atomic E-state index is 0.347. The Morgan fingerprint density at radius 3 is 1.21 bits per heavy atom. The van der Waals surface area contributed by atoms with Crippen molar-refractivity contribution in [3.63, 3.8) is 0 Å². The van der Waals surface area contributed by atoms with Gasteiger partial charge in [0.05, 0.1) is 29.0 Å². The first-order valence-electron chi connectivity index (χ1n) is 40.0. The summed E-state index contributed by atoms with van der Waals surface area (Å²) in [6.07, 6.45) is 34.6. The van der Waals surface area contributed by atoms with E-state index in [-0.39, 0.29) is 20.0 Å². The van der Waals surface area contributed by atoms with Gasteiger partial charge in [-0.15, -0.1) is 0 Å². The van der Waals surface area contributed by atoms with Crippen LogP contribution in [0.1, 0.15) is 166 Å². The van der Waals surface area contributed by atoms with Gasteiger partial charge in [-0.1, -0.05) is 90.5 Å². The Balaban J connectivity index is 0.000000216. The number of carboxylic acid groups (broad SMARTS) is 3. The summed E-state index contributed by atoms with van der Waals surface area (Å²) in [7, 11) is -1.34. The van der Waals surface area contributed by atoms with Crippen molar-refractivity contribution in [2.75, 3.05) is 89.6 Å². The van der Waals surface area contributed by atoms with Crippen LogP contribution in [0.25, 0.3) is 11.1 Å². The maximum absolute atomic E-state index is 13.0. The molecule has 616 valence electrons. The van der Waals surface area contributed by atoms with Crippen molar-refractivity contribution < 1.29 is 52.9 Å². The molecule has 6 aromatic heterocycles. The van der Waals surface area contributed by atoms with Gasteiger partial charge in [-0.3, -0.25) is 32.9 Å². The summed E-state index contributed by atoms with van der Waals surface area (Å²) < 4.78 is 39.6. The number of hydrogen-bond donors (Lipinski definition) is 8. The van der Waals surface area contributed by atoms with E-state index in [2.05, 4.69) is 123 Å². The van der Waals surface area contributed by atoms with Crippen molar-refractivity contribution >= 4 is 85.6 Å². The van der Waals surface area contributed by atoms with Crippen LogP contribution < -0.4 is 21.8 Å². The summed E-state index contributed by atoms with van der Waals surface area (Å²) in [5.74, 6) is -1.92. The minimum Gasteiger partial charge on any atom is -0.480 e. The van der Waals surface area contributed by atoms with Crippen LogP contribution >= 0.6 is 43.5 Å². The third-order valence-corrected chi connectivity index (χ3v) is 21.6. The molecule has 0 fully saturated rings. The van der Waals surface area contributed by atoms with Gasteiger partial charge in [0, 0.05) is 97.6 Å². The maximum Gasteiger partial charge on any atom is 0.488 e. The molecule has 0 unspecified atom stereocenters. The van der Waals surface area contributed by atoms with Crippen LogP contribution in [0.4, 0.5) is 24.8 Å². The number of pyridine rings is 3. The average Bonchev–Trinajstić information content (AvgIpc) is 0.800. The van der Waals surface area contributed by atoms with E-state index >= 15 is 0 Å². The maximum atomic E-state index is 13.0. The molecule has 30 heteroatoms. The lowest BCUT2D eigenvalue weighted by atomic mass is 9.81. The summed E-state index contributed by atoms with van der Waals surface area (Å²) in [5.41, 5.74) is 19.3. The van der Waals surface area contributed by atoms with Gasteiger partial charge < -0.3 is 56.4 Å². The second-order valence-electron chi connectivity index (χ2n) is 28.6. The van der Waals surface area contributed by atoms with Gasteiger partial charge in [-0.2, -0.15) is 0 Å². The first kappa shape index (κ1) is 93.2. The predicted molar refractivity (Wildman–Crippen MR) is 450 cm³/mol. The van der Waals surface area contributed by atoms with Crippen LogP contribution in [0.2, 0.25) is 5.15 Å². The van der Waals surface area contributed by atoms with Crippen molar-refractivity contribution in [3.8, 4) is 11.1 Å². The molecule has 0 amide bonds. The Hall–Kier alpha value is -8.00. The largest absolute Gasteiger partial charge is 0.488 e. The highest BCUT2D eigenvalue weighted by Crippen LogP contribution is 2.28. The number of halogens is 6. The lowest BCUT2D eigenvalue weighted by molar-refractivity contribution is -0.139. The molecular weight excluding hydrogens is 1610 g/mol. The fraction of sp³-hybridized carbons (Fsp3) is 0.500. The molecule has 3 aliphatic rings. The van der Waals surface area contributed by atoms with E-state index in [0.29, 0.717) is 105 Å². The van der Waals surface area contributed by atoms with Gasteiger partial charge in [0.25, 0.3) is 0 Å². The number of nitrogens with zero attached hydrogens (tertiary/aromatic N) is 12. The van der Waals surface area contributed by atoms with Crippen molar-refractivity contribution in [3.05, 3.63) is 200 Å². The molecule has 0 saturated heterocycles. The molecule has 6 heterocycles. The number of fused-ring (bicyclic) bond motifs is 3. The standard InChI is InChI=1S/C30H38FN5O2.C24H33BrFN5O2.C20H32FN3O2.C6H7BO2.C4H2BrClN2/c31-17-8-19-36(18-7-6-12-25-15-14-24-11-4-5-13-27(24)34-25)20-16-28(30(37)38)35-29-26(21-32-22-33-29)23-9-2-1-3-10-23;25-20-16-27-17-28-23(20)30-22(24(32)33)11-15-31(14-5-12-26)13-4-3-7-19-10-9-18-6-1-2-8-21(18)29-19;21-12-5-14-24(15-11-18(22)20(25)26)13-4-3-7-17-10-9-16-6-1-2-8-19(16)23-17;8-7(9)6-4-2-1-3-5-6;5-3-1-7-2-8-4(3)6/h1-3,9-10,14-15,21-22,28H,4-8,11-13,16-20H2,(H,37,38)(H,32,33,35);9-10,16-17,22H,1-8,11-15H2,(H,32,33)(H,27,28,30);9-10,18H,1-8,11-15,22H2,(H,25,26);1-5,8-9H;1-2H/t28-;22-;18-;;/m001../s1. The zero-order valence-corrected chi connectivity index (χ0v) is 69.2. The van der Waals surface area contributed by atoms with Crippen molar-refractivity contribution in [1.29, 1.82) is 0 Å². The van der Waals surface area contributed by atoms with Crippen LogP contribution in [0.3, 0.4) is 0 Å². The first-order valence-corrected chi connectivity index (χ1v) is 42.0. The average molecular weight is 1720 g/mol. The number of hydrogen-bond acceptors (Lipinski definition) is 20. The highest BCUT2D eigenvalue weighted by Gasteiger charge is 2.24. The van der Waals surface area contributed by atoms with Gasteiger partial charge in [-0.25, -0.2) is 39.5 Å². The summed E-state index contributed by atoms with van der Waals surface area (Å²) >= 11 is 12.0. The fourth-order valence-electron chi connectivity index (χ4n) is 13.6. The first-order chi connectivity index (χ1) is 55.4. The Bertz CT molecular complexity index is 4070. The summed E-state index contributed by atoms with van der Waals surface area (Å²) in [6.45, 7) is 4.99. The second kappa shape index (κ2) is 54.0. The molecule has 3 atom stereocenters. The quantitative estimate of drug-likeness (QED) is 0.0100. The summed E-state index contributed by atoms with van der Waals surface area (Å²) in [5, 5.41) is 52.1. The van der Waals surface area contributed by atoms with E-state index in [9.17, 15) is 37.8 Å². The van der Waals surface area contributed by atoms with Gasteiger partial charge in [0.2, 0.25) is 0 Å². The predicted octanol–water partition coefficient (Wildman–Crippen LogP) is 13.8. The Labute approximate surface area is 691 Å². The number of anilines is 2. The number of carboxylic acids is 3. The monoisotopic (exact) mass is 1720 g/mol. The number of nitrogens with one attached hydrogen (secondary N) is 2. The summed E-state index contributed by atoms with van der Waals surface area (Å²) in [6, 6.07) is 29.0. The SMILES string of the molecule is Clc1ncncc1Br.N[C@H](CCN(CCCF)CCCCc1ccc2c(n1)CCCC2)C(=O)O.O=C(O)[C@H](CCN(CCCF)CCCCc1ccc2c(n1)CCCC2)Nc1ncncc1-c1ccccc1.O=C(O)[C@H](CCN(CCCF)CCCCc1ccc2c(n1)CCCC2)Nc1ncncc1Br.OB(O)c1ccccc1. The number of benzene rings is 2. The Morgan fingerprint density at radius 2 is 0.833 bits per heavy atom. The number of carbonyl (C=O) groups is 3. The zero-order chi connectivity index (χ0) is 81.5. The van der Waals surface area contributed by atoms with Crippen molar-refractivity contribution in [2.45, 2.75) is 191 Å². The molecule has 3 aliphatic carbocycles. The topological polar surface area (TPSA) is 328 Å². The van der Waals surface area contributed by atoms with E-state index < -0.39 is 43.2 Å². The molecule has 0 spiro atoms.